The van der Waals surface area contributed by atoms with Crippen LogP contribution in [0.3, 0.4) is 0 Å². The van der Waals surface area contributed by atoms with Gasteiger partial charge in [-0.05, 0) is 38.1 Å². The Hall–Kier alpha value is -2.40. The number of nitrogens with two attached hydrogens (primary N) is 1. The average Bonchev–Trinajstić information content (AvgIpc) is 2.47. The molecule has 0 aliphatic heterocycles. The van der Waals surface area contributed by atoms with Crippen molar-refractivity contribution in [1.82, 2.24) is 10.4 Å². The van der Waals surface area contributed by atoms with Gasteiger partial charge in [-0.25, -0.2) is 5.84 Å². The van der Waals surface area contributed by atoms with Crippen molar-refractivity contribution < 1.29 is 9.53 Å². The van der Waals surface area contributed by atoms with E-state index in [0.717, 1.165) is 17.0 Å². The number of hydrogen-bond acceptors (Lipinski definition) is 4. The Labute approximate surface area is 117 Å². The van der Waals surface area contributed by atoms with Crippen LogP contribution in [0.15, 0.2) is 36.4 Å². The predicted octanol–water partition coefficient (Wildman–Crippen LogP) is 2.06. The minimum Gasteiger partial charge on any atom is -0.494 e. The van der Waals surface area contributed by atoms with Gasteiger partial charge in [-0.3, -0.25) is 15.2 Å². The van der Waals surface area contributed by atoms with Gasteiger partial charge in [0.2, 0.25) is 0 Å². The monoisotopic (exact) mass is 271 g/mol. The number of benzene rings is 1. The van der Waals surface area contributed by atoms with E-state index in [9.17, 15) is 4.79 Å². The molecule has 0 aliphatic rings. The van der Waals surface area contributed by atoms with E-state index in [1.165, 1.54) is 0 Å². The summed E-state index contributed by atoms with van der Waals surface area (Å²) in [6.45, 7) is 4.33. The fourth-order valence-electron chi connectivity index (χ4n) is 1.95. The smallest absolute Gasteiger partial charge is 0.267 e. The van der Waals surface area contributed by atoms with E-state index >= 15 is 0 Å². The lowest BCUT2D eigenvalue weighted by molar-refractivity contribution is 0.0952. The molecule has 2 aromatic rings. The van der Waals surface area contributed by atoms with Crippen molar-refractivity contribution in [3.63, 3.8) is 0 Å². The summed E-state index contributed by atoms with van der Waals surface area (Å²) in [6, 6.07) is 11.2. The minimum atomic E-state index is -0.343. The Kier molecular flexibility index (Phi) is 4.32. The Balaban J connectivity index is 2.36. The van der Waals surface area contributed by atoms with Crippen LogP contribution in [-0.2, 0) is 0 Å². The number of hydrazine groups is 1. The molecule has 1 aromatic heterocycles. The first-order chi connectivity index (χ1) is 9.65. The predicted molar refractivity (Wildman–Crippen MR) is 77.2 cm³/mol. The molecule has 5 heteroatoms. The zero-order chi connectivity index (χ0) is 14.5. The summed E-state index contributed by atoms with van der Waals surface area (Å²) in [5, 5.41) is 0. The Morgan fingerprint density at radius 1 is 1.35 bits per heavy atom. The maximum Gasteiger partial charge on any atom is 0.267 e. The second-order valence-corrected chi connectivity index (χ2v) is 4.26. The molecule has 1 amide bonds. The lowest BCUT2D eigenvalue weighted by Crippen LogP contribution is -2.30. The largest absolute Gasteiger partial charge is 0.494 e. The van der Waals surface area contributed by atoms with E-state index in [4.69, 9.17) is 10.6 Å². The van der Waals surface area contributed by atoms with E-state index < -0.39 is 0 Å². The van der Waals surface area contributed by atoms with E-state index in [1.54, 1.807) is 19.1 Å². The molecule has 0 radical (unpaired) electrons. The van der Waals surface area contributed by atoms with Crippen molar-refractivity contribution in [2.45, 2.75) is 13.8 Å². The quantitative estimate of drug-likeness (QED) is 0.507. The number of carbonyl (C=O) groups excluding carboxylic acids is 1. The average molecular weight is 271 g/mol. The van der Waals surface area contributed by atoms with E-state index in [-0.39, 0.29) is 5.91 Å². The summed E-state index contributed by atoms with van der Waals surface area (Å²) >= 11 is 0. The molecule has 0 atom stereocenters. The van der Waals surface area contributed by atoms with Crippen molar-refractivity contribution in [2.75, 3.05) is 6.61 Å². The summed E-state index contributed by atoms with van der Waals surface area (Å²) in [5.41, 5.74) is 4.94. The molecule has 0 unspecified atom stereocenters. The van der Waals surface area contributed by atoms with Crippen LogP contribution in [0.4, 0.5) is 0 Å². The second-order valence-electron chi connectivity index (χ2n) is 4.26. The number of carbonyl (C=O) groups is 1. The first kappa shape index (κ1) is 14.0. The second kappa shape index (κ2) is 6.16. The normalized spacial score (nSPS) is 10.2. The van der Waals surface area contributed by atoms with Crippen LogP contribution in [0.1, 0.15) is 23.0 Å². The molecule has 104 valence electrons. The van der Waals surface area contributed by atoms with Gasteiger partial charge in [-0.1, -0.05) is 12.1 Å². The van der Waals surface area contributed by atoms with Gasteiger partial charge in [0.1, 0.15) is 5.75 Å². The third-order valence-corrected chi connectivity index (χ3v) is 2.90. The van der Waals surface area contributed by atoms with Crippen LogP contribution in [-0.4, -0.2) is 17.5 Å². The van der Waals surface area contributed by atoms with Crippen molar-refractivity contribution in [3.8, 4) is 17.0 Å². The highest BCUT2D eigenvalue weighted by atomic mass is 16.5. The highest BCUT2D eigenvalue weighted by molar-refractivity contribution is 5.95. The summed E-state index contributed by atoms with van der Waals surface area (Å²) in [4.78, 5) is 16.0. The van der Waals surface area contributed by atoms with Crippen LogP contribution in [0.2, 0.25) is 0 Å². The lowest BCUT2D eigenvalue weighted by Gasteiger charge is -2.08. The Morgan fingerprint density at radius 3 is 2.80 bits per heavy atom. The zero-order valence-electron chi connectivity index (χ0n) is 11.5. The molecule has 0 aliphatic carbocycles. The molecule has 3 N–H and O–H groups in total. The number of aromatic nitrogens is 1. The Bertz CT molecular complexity index is 626. The highest BCUT2D eigenvalue weighted by Gasteiger charge is 2.10. The SMILES string of the molecule is CCOc1cccc(-c2ccc(C(=O)NN)c(C)n2)c1. The lowest BCUT2D eigenvalue weighted by atomic mass is 10.1. The molecule has 0 saturated carbocycles. The summed E-state index contributed by atoms with van der Waals surface area (Å²) in [7, 11) is 0. The third-order valence-electron chi connectivity index (χ3n) is 2.90. The molecule has 0 fully saturated rings. The number of pyridine rings is 1. The summed E-state index contributed by atoms with van der Waals surface area (Å²) in [5.74, 6) is 5.59. The number of aryl methyl sites for hydroxylation is 1. The molecule has 0 saturated heterocycles. The summed E-state index contributed by atoms with van der Waals surface area (Å²) < 4.78 is 5.47. The van der Waals surface area contributed by atoms with Crippen molar-refractivity contribution in [2.24, 2.45) is 5.84 Å². The maximum absolute atomic E-state index is 11.5. The van der Waals surface area contributed by atoms with Gasteiger partial charge >= 0.3 is 0 Å². The number of rotatable bonds is 4. The number of amides is 1. The fourth-order valence-corrected chi connectivity index (χ4v) is 1.95. The molecule has 2 rings (SSSR count). The van der Waals surface area contributed by atoms with Crippen LogP contribution >= 0.6 is 0 Å². The van der Waals surface area contributed by atoms with E-state index in [1.807, 2.05) is 31.2 Å². The standard InChI is InChI=1S/C15H17N3O2/c1-3-20-12-6-4-5-11(9-12)14-8-7-13(10(2)17-14)15(19)18-16/h4-9H,3,16H2,1-2H3,(H,18,19). The number of nitrogens with zero attached hydrogens (tertiary/aromatic N) is 1. The molecule has 1 aromatic carbocycles. The molecular formula is C15H17N3O2. The number of hydrogen-bond donors (Lipinski definition) is 2. The third kappa shape index (κ3) is 2.95. The van der Waals surface area contributed by atoms with Crippen LogP contribution < -0.4 is 16.0 Å². The van der Waals surface area contributed by atoms with E-state index in [0.29, 0.717) is 17.9 Å². The van der Waals surface area contributed by atoms with Crippen molar-refractivity contribution >= 4 is 5.91 Å². The zero-order valence-corrected chi connectivity index (χ0v) is 11.5. The van der Waals surface area contributed by atoms with Crippen LogP contribution in [0.25, 0.3) is 11.3 Å². The first-order valence-corrected chi connectivity index (χ1v) is 6.37. The van der Waals surface area contributed by atoms with Gasteiger partial charge in [0.15, 0.2) is 0 Å². The van der Waals surface area contributed by atoms with Crippen molar-refractivity contribution in [3.05, 3.63) is 47.7 Å². The Morgan fingerprint density at radius 2 is 2.15 bits per heavy atom. The molecule has 0 spiro atoms. The number of nitrogens with one attached hydrogen (secondary N) is 1. The number of ether oxygens (including phenoxy) is 1. The fraction of sp³-hybridized carbons (Fsp3) is 0.200. The summed E-state index contributed by atoms with van der Waals surface area (Å²) in [6.07, 6.45) is 0. The molecule has 20 heavy (non-hydrogen) atoms. The van der Waals surface area contributed by atoms with E-state index in [2.05, 4.69) is 10.4 Å². The molecular weight excluding hydrogens is 254 g/mol. The molecule has 1 heterocycles. The van der Waals surface area contributed by atoms with Gasteiger partial charge in [0.05, 0.1) is 23.6 Å². The number of nitrogen functional groups attached to an aromatic ring is 1. The van der Waals surface area contributed by atoms with Crippen molar-refractivity contribution in [1.29, 1.82) is 0 Å². The van der Waals surface area contributed by atoms with Crippen LogP contribution in [0.5, 0.6) is 5.75 Å². The minimum absolute atomic E-state index is 0.343. The molecule has 5 nitrogen and oxygen atoms in total. The molecule has 0 bridgehead atoms. The topological polar surface area (TPSA) is 77.2 Å². The highest BCUT2D eigenvalue weighted by Crippen LogP contribution is 2.23. The first-order valence-electron chi connectivity index (χ1n) is 6.37. The van der Waals surface area contributed by atoms with Gasteiger partial charge in [0.25, 0.3) is 5.91 Å². The van der Waals surface area contributed by atoms with Gasteiger partial charge in [0, 0.05) is 5.56 Å². The maximum atomic E-state index is 11.5. The van der Waals surface area contributed by atoms with Gasteiger partial charge in [-0.2, -0.15) is 0 Å². The van der Waals surface area contributed by atoms with Gasteiger partial charge in [-0.15, -0.1) is 0 Å². The van der Waals surface area contributed by atoms with Gasteiger partial charge < -0.3 is 4.74 Å². The van der Waals surface area contributed by atoms with Crippen LogP contribution in [0, 0.1) is 6.92 Å².